The number of amidine groups is 1. The molecule has 1 atom stereocenters. The minimum absolute atomic E-state index is 0.158. The van der Waals surface area contributed by atoms with Crippen LogP contribution in [0.4, 0.5) is 0 Å². The summed E-state index contributed by atoms with van der Waals surface area (Å²) in [7, 11) is -3.63. The molecule has 0 fully saturated rings. The number of rotatable bonds is 6. The first kappa shape index (κ1) is 14.7. The Morgan fingerprint density at radius 1 is 1.44 bits per heavy atom. The van der Waals surface area contributed by atoms with Gasteiger partial charge in [-0.15, -0.1) is 0 Å². The molecule has 5 nitrogen and oxygen atoms in total. The van der Waals surface area contributed by atoms with Crippen LogP contribution in [0.5, 0.6) is 0 Å². The number of benzene rings is 1. The Morgan fingerprint density at radius 2 is 2.06 bits per heavy atom. The Labute approximate surface area is 108 Å². The highest BCUT2D eigenvalue weighted by molar-refractivity contribution is 7.89. The molecule has 18 heavy (non-hydrogen) atoms. The summed E-state index contributed by atoms with van der Waals surface area (Å²) in [5.41, 5.74) is 6.07. The topological polar surface area (TPSA) is 96.0 Å². The summed E-state index contributed by atoms with van der Waals surface area (Å²) in [6, 6.07) is 6.09. The monoisotopic (exact) mass is 269 g/mol. The number of nitrogens with one attached hydrogen (secondary N) is 2. The van der Waals surface area contributed by atoms with E-state index in [0.717, 1.165) is 6.42 Å². The zero-order chi connectivity index (χ0) is 13.8. The lowest BCUT2D eigenvalue weighted by atomic mass is 10.2. The third kappa shape index (κ3) is 3.54. The van der Waals surface area contributed by atoms with Crippen molar-refractivity contribution in [3.05, 3.63) is 29.8 Å². The number of hydrogen-bond acceptors (Lipinski definition) is 3. The van der Waals surface area contributed by atoms with Crippen LogP contribution in [0.15, 0.2) is 29.2 Å². The Hall–Kier alpha value is -1.40. The number of sulfonamides is 1. The van der Waals surface area contributed by atoms with Gasteiger partial charge in [-0.1, -0.05) is 31.5 Å². The first-order valence-electron chi connectivity index (χ1n) is 5.80. The van der Waals surface area contributed by atoms with Gasteiger partial charge in [-0.2, -0.15) is 0 Å². The Kier molecular flexibility index (Phi) is 4.86. The van der Waals surface area contributed by atoms with Crippen LogP contribution in [0.2, 0.25) is 0 Å². The fraction of sp³-hybridized carbons (Fsp3) is 0.417. The van der Waals surface area contributed by atoms with Crippen LogP contribution < -0.4 is 10.5 Å². The van der Waals surface area contributed by atoms with E-state index in [4.69, 9.17) is 11.1 Å². The van der Waals surface area contributed by atoms with Crippen molar-refractivity contribution in [2.45, 2.75) is 37.6 Å². The van der Waals surface area contributed by atoms with Gasteiger partial charge in [0, 0.05) is 0 Å². The average Bonchev–Trinajstić information content (AvgIpc) is 2.28. The number of nitrogens with two attached hydrogens (primary N) is 1. The second kappa shape index (κ2) is 5.97. The van der Waals surface area contributed by atoms with Gasteiger partial charge in [-0.05, 0) is 25.0 Å². The molecule has 0 heterocycles. The molecule has 1 aromatic rings. The van der Waals surface area contributed by atoms with Crippen molar-refractivity contribution in [2.75, 3.05) is 0 Å². The van der Waals surface area contributed by atoms with Gasteiger partial charge < -0.3 is 5.73 Å². The summed E-state index contributed by atoms with van der Waals surface area (Å²) in [6.07, 6.45) is 1.26. The smallest absolute Gasteiger partial charge is 0.241 e. The molecule has 0 aliphatic heterocycles. The maximum atomic E-state index is 12.2. The van der Waals surface area contributed by atoms with Crippen LogP contribution in [-0.4, -0.2) is 20.3 Å². The van der Waals surface area contributed by atoms with Crippen molar-refractivity contribution in [2.24, 2.45) is 5.73 Å². The Balaban J connectivity index is 3.01. The van der Waals surface area contributed by atoms with Crippen molar-refractivity contribution in [1.29, 1.82) is 5.41 Å². The lowest BCUT2D eigenvalue weighted by Gasteiger charge is -2.17. The third-order valence-corrected chi connectivity index (χ3v) is 4.27. The third-order valence-electron chi connectivity index (χ3n) is 2.63. The van der Waals surface area contributed by atoms with E-state index < -0.39 is 16.1 Å². The second-order valence-electron chi connectivity index (χ2n) is 4.18. The van der Waals surface area contributed by atoms with Crippen LogP contribution in [0.3, 0.4) is 0 Å². The summed E-state index contributed by atoms with van der Waals surface area (Å²) in [6.45, 7) is 3.65. The van der Waals surface area contributed by atoms with E-state index in [9.17, 15) is 8.42 Å². The van der Waals surface area contributed by atoms with Crippen molar-refractivity contribution in [3.63, 3.8) is 0 Å². The molecule has 1 aromatic carbocycles. The summed E-state index contributed by atoms with van der Waals surface area (Å²) >= 11 is 0. The summed E-state index contributed by atoms with van der Waals surface area (Å²) in [4.78, 5) is 0.229. The van der Waals surface area contributed by atoms with Crippen LogP contribution in [-0.2, 0) is 10.0 Å². The maximum Gasteiger partial charge on any atom is 0.241 e. The predicted molar refractivity (Wildman–Crippen MR) is 72.1 cm³/mol. The molecule has 0 aromatic heterocycles. The second-order valence-corrected chi connectivity index (χ2v) is 5.87. The van der Waals surface area contributed by atoms with Crippen LogP contribution in [0.25, 0.3) is 0 Å². The standard InChI is InChI=1S/C12H19N3O2S/c1-3-6-10(12(13)14)15-18(16,17)11-8-5-4-7-9(11)2/h4-5,7-8,10,15H,3,6H2,1-2H3,(H3,13,14). The molecule has 4 N–H and O–H groups in total. The van der Waals surface area contributed by atoms with E-state index in [2.05, 4.69) is 4.72 Å². The molecule has 0 aliphatic rings. The first-order valence-corrected chi connectivity index (χ1v) is 7.28. The molecule has 0 saturated carbocycles. The van der Waals surface area contributed by atoms with E-state index in [0.29, 0.717) is 12.0 Å². The predicted octanol–water partition coefficient (Wildman–Crippen LogP) is 1.38. The molecular weight excluding hydrogens is 250 g/mol. The average molecular weight is 269 g/mol. The maximum absolute atomic E-state index is 12.2. The van der Waals surface area contributed by atoms with Gasteiger partial charge in [-0.3, -0.25) is 5.41 Å². The largest absolute Gasteiger partial charge is 0.386 e. The summed E-state index contributed by atoms with van der Waals surface area (Å²) < 4.78 is 26.8. The molecule has 0 amide bonds. The van der Waals surface area contributed by atoms with E-state index in [1.807, 2.05) is 6.92 Å². The zero-order valence-electron chi connectivity index (χ0n) is 10.6. The van der Waals surface area contributed by atoms with Crippen molar-refractivity contribution < 1.29 is 8.42 Å². The highest BCUT2D eigenvalue weighted by atomic mass is 32.2. The van der Waals surface area contributed by atoms with Gasteiger partial charge in [0.25, 0.3) is 0 Å². The van der Waals surface area contributed by atoms with Crippen LogP contribution in [0.1, 0.15) is 25.3 Å². The normalized spacial score (nSPS) is 13.2. The molecule has 1 rings (SSSR count). The quantitative estimate of drug-likeness (QED) is 0.537. The number of aryl methyl sites for hydroxylation is 1. The van der Waals surface area contributed by atoms with E-state index in [-0.39, 0.29) is 10.7 Å². The highest BCUT2D eigenvalue weighted by Gasteiger charge is 2.22. The minimum Gasteiger partial charge on any atom is -0.386 e. The van der Waals surface area contributed by atoms with Crippen LogP contribution in [0, 0.1) is 12.3 Å². The highest BCUT2D eigenvalue weighted by Crippen LogP contribution is 2.15. The van der Waals surface area contributed by atoms with Crippen molar-refractivity contribution >= 4 is 15.9 Å². The summed E-state index contributed by atoms with van der Waals surface area (Å²) in [5, 5.41) is 7.40. The molecule has 0 saturated heterocycles. The van der Waals surface area contributed by atoms with Gasteiger partial charge in [0.15, 0.2) is 0 Å². The van der Waals surface area contributed by atoms with E-state index >= 15 is 0 Å². The van der Waals surface area contributed by atoms with Gasteiger partial charge in [0.05, 0.1) is 10.9 Å². The minimum atomic E-state index is -3.63. The molecule has 0 spiro atoms. The lowest BCUT2D eigenvalue weighted by molar-refractivity contribution is 0.565. The van der Waals surface area contributed by atoms with E-state index in [1.165, 1.54) is 0 Å². The Bertz CT molecular complexity index is 526. The van der Waals surface area contributed by atoms with Crippen LogP contribution >= 0.6 is 0 Å². The molecule has 100 valence electrons. The molecule has 6 heteroatoms. The molecule has 1 unspecified atom stereocenters. The molecule has 0 aliphatic carbocycles. The van der Waals surface area contributed by atoms with Gasteiger partial charge in [0.2, 0.25) is 10.0 Å². The number of hydrogen-bond donors (Lipinski definition) is 3. The SMILES string of the molecule is CCCC(NS(=O)(=O)c1ccccc1C)C(=N)N. The van der Waals surface area contributed by atoms with Gasteiger partial charge in [0.1, 0.15) is 5.84 Å². The van der Waals surface area contributed by atoms with Gasteiger partial charge in [-0.25, -0.2) is 13.1 Å². The fourth-order valence-corrected chi connectivity index (χ4v) is 3.17. The fourth-order valence-electron chi connectivity index (χ4n) is 1.68. The molecule has 0 radical (unpaired) electrons. The summed E-state index contributed by atoms with van der Waals surface area (Å²) in [5.74, 6) is -0.158. The van der Waals surface area contributed by atoms with Gasteiger partial charge >= 0.3 is 0 Å². The first-order chi connectivity index (χ1) is 8.38. The molecule has 0 bridgehead atoms. The Morgan fingerprint density at radius 3 is 2.56 bits per heavy atom. The zero-order valence-corrected chi connectivity index (χ0v) is 11.4. The van der Waals surface area contributed by atoms with Crippen molar-refractivity contribution in [1.82, 2.24) is 4.72 Å². The lowest BCUT2D eigenvalue weighted by Crippen LogP contribution is -2.44. The van der Waals surface area contributed by atoms with Crippen molar-refractivity contribution in [3.8, 4) is 0 Å². The van der Waals surface area contributed by atoms with E-state index in [1.54, 1.807) is 31.2 Å². The molecular formula is C12H19N3O2S.